The molecule has 0 fully saturated rings. The number of carbonyl (C=O) groups is 1. The lowest BCUT2D eigenvalue weighted by Gasteiger charge is -2.10. The second-order valence-corrected chi connectivity index (χ2v) is 6.05. The first-order chi connectivity index (χ1) is 8.88. The van der Waals surface area contributed by atoms with Crippen molar-refractivity contribution in [3.8, 4) is 18.1 Å². The van der Waals surface area contributed by atoms with Crippen LogP contribution in [0.5, 0.6) is 5.75 Å². The predicted octanol–water partition coefficient (Wildman–Crippen LogP) is 0.990. The number of carbonyl (C=O) groups excluding carboxylic acids is 1. The van der Waals surface area contributed by atoms with E-state index in [1.54, 1.807) is 12.1 Å². The second kappa shape index (κ2) is 6.25. The molecule has 1 aromatic rings. The molecule has 0 bridgehead atoms. The largest absolute Gasteiger partial charge is 0.495 e. The highest BCUT2D eigenvalue weighted by atomic mass is 32.2. The van der Waals surface area contributed by atoms with Crippen LogP contribution in [-0.2, 0) is 14.6 Å². The zero-order valence-corrected chi connectivity index (χ0v) is 11.6. The van der Waals surface area contributed by atoms with Gasteiger partial charge in [0.25, 0.3) is 0 Å². The van der Waals surface area contributed by atoms with Gasteiger partial charge in [-0.3, -0.25) is 4.79 Å². The van der Waals surface area contributed by atoms with Crippen LogP contribution in [0.1, 0.15) is 5.56 Å². The van der Waals surface area contributed by atoms with Gasteiger partial charge < -0.3 is 10.1 Å². The minimum atomic E-state index is -3.57. The van der Waals surface area contributed by atoms with Gasteiger partial charge in [0, 0.05) is 0 Å². The van der Waals surface area contributed by atoms with Crippen molar-refractivity contribution in [2.24, 2.45) is 0 Å². The quantitative estimate of drug-likeness (QED) is 0.817. The number of methoxy groups -OCH3 is 1. The number of hydrogen-bond donors (Lipinski definition) is 1. The molecule has 0 radical (unpaired) electrons. The van der Waals surface area contributed by atoms with Crippen molar-refractivity contribution < 1.29 is 17.9 Å². The molecule has 0 saturated carbocycles. The lowest BCUT2D eigenvalue weighted by atomic mass is 10.2. The average molecular weight is 281 g/mol. The summed E-state index contributed by atoms with van der Waals surface area (Å²) in [5.41, 5.74) is 1.35. The Hall–Kier alpha value is -2.00. The second-order valence-electron chi connectivity index (χ2n) is 3.99. The number of hydrogen-bond acceptors (Lipinski definition) is 4. The van der Waals surface area contributed by atoms with E-state index < -0.39 is 27.3 Å². The Kier molecular flexibility index (Phi) is 4.95. The minimum Gasteiger partial charge on any atom is -0.495 e. The molecule has 0 aliphatic heterocycles. The van der Waals surface area contributed by atoms with Crippen molar-refractivity contribution in [2.45, 2.75) is 6.92 Å². The molecule has 0 aliphatic carbocycles. The van der Waals surface area contributed by atoms with Crippen molar-refractivity contribution >= 4 is 21.4 Å². The summed E-state index contributed by atoms with van der Waals surface area (Å²) in [5, 5.41) is 2.51. The van der Waals surface area contributed by atoms with E-state index in [0.29, 0.717) is 11.4 Å². The minimum absolute atomic E-state index is 0.434. The monoisotopic (exact) mass is 281 g/mol. The van der Waals surface area contributed by atoms with Gasteiger partial charge in [0.05, 0.1) is 12.8 Å². The summed E-state index contributed by atoms with van der Waals surface area (Å²) in [6.45, 7) is 1.85. The van der Waals surface area contributed by atoms with Crippen LogP contribution in [0.4, 0.5) is 5.69 Å². The molecule has 0 heterocycles. The fraction of sp³-hybridized carbons (Fsp3) is 0.308. The molecule has 0 unspecified atom stereocenters. The molecule has 1 rings (SSSR count). The summed E-state index contributed by atoms with van der Waals surface area (Å²) >= 11 is 0. The Morgan fingerprint density at radius 3 is 2.74 bits per heavy atom. The van der Waals surface area contributed by atoms with Crippen molar-refractivity contribution in [1.29, 1.82) is 0 Å². The highest BCUT2D eigenvalue weighted by Gasteiger charge is 2.16. The highest BCUT2D eigenvalue weighted by molar-refractivity contribution is 7.92. The van der Waals surface area contributed by atoms with Crippen molar-refractivity contribution in [3.63, 3.8) is 0 Å². The summed E-state index contributed by atoms with van der Waals surface area (Å²) in [6.07, 6.45) is 4.93. The maximum absolute atomic E-state index is 11.7. The number of nitrogens with one attached hydrogen (secondary N) is 1. The molecule has 6 heteroatoms. The van der Waals surface area contributed by atoms with Crippen molar-refractivity contribution in [3.05, 3.63) is 23.8 Å². The van der Waals surface area contributed by atoms with Gasteiger partial charge in [-0.2, -0.15) is 0 Å². The first kappa shape index (κ1) is 15.1. The van der Waals surface area contributed by atoms with Crippen molar-refractivity contribution in [1.82, 2.24) is 0 Å². The van der Waals surface area contributed by atoms with E-state index in [1.807, 2.05) is 18.9 Å². The number of rotatable bonds is 5. The number of benzene rings is 1. The molecule has 1 aromatic carbocycles. The van der Waals surface area contributed by atoms with E-state index in [0.717, 1.165) is 5.56 Å². The topological polar surface area (TPSA) is 72.5 Å². The van der Waals surface area contributed by atoms with Crippen LogP contribution in [0.2, 0.25) is 0 Å². The van der Waals surface area contributed by atoms with Crippen LogP contribution in [0.3, 0.4) is 0 Å². The predicted molar refractivity (Wildman–Crippen MR) is 73.8 cm³/mol. The van der Waals surface area contributed by atoms with Crippen LogP contribution in [0.25, 0.3) is 0 Å². The smallest absolute Gasteiger partial charge is 0.239 e. The Morgan fingerprint density at radius 1 is 1.47 bits per heavy atom. The normalized spacial score (nSPS) is 10.6. The summed E-state index contributed by atoms with van der Waals surface area (Å²) in [6, 6.07) is 5.22. The molecule has 1 amide bonds. The van der Waals surface area contributed by atoms with Crippen LogP contribution in [0, 0.1) is 19.3 Å². The number of ether oxygens (including phenoxy) is 1. The standard InChI is InChI=1S/C13H15NO4S/c1-4-7-19(16,17)9-13(15)14-11-8-10(2)5-6-12(11)18-3/h1,5-6,8H,7,9H2,2-3H3,(H,14,15). The molecule has 0 atom stereocenters. The number of terminal acetylenes is 1. The van der Waals surface area contributed by atoms with E-state index in [1.165, 1.54) is 7.11 Å². The maximum Gasteiger partial charge on any atom is 0.239 e. The molecule has 0 aromatic heterocycles. The molecule has 0 aliphatic rings. The van der Waals surface area contributed by atoms with E-state index in [-0.39, 0.29) is 0 Å². The maximum atomic E-state index is 11.7. The number of aryl methyl sites for hydroxylation is 1. The Morgan fingerprint density at radius 2 is 2.16 bits per heavy atom. The SMILES string of the molecule is C#CCS(=O)(=O)CC(=O)Nc1cc(C)ccc1OC. The van der Waals surface area contributed by atoms with E-state index in [2.05, 4.69) is 5.32 Å². The zero-order valence-electron chi connectivity index (χ0n) is 10.8. The molecular weight excluding hydrogens is 266 g/mol. The molecule has 0 spiro atoms. The van der Waals surface area contributed by atoms with Gasteiger partial charge >= 0.3 is 0 Å². The summed E-state index contributed by atoms with van der Waals surface area (Å²) < 4.78 is 27.9. The molecule has 0 saturated heterocycles. The summed E-state index contributed by atoms with van der Waals surface area (Å²) in [7, 11) is -2.10. The van der Waals surface area contributed by atoms with Crippen LogP contribution >= 0.6 is 0 Å². The zero-order chi connectivity index (χ0) is 14.5. The average Bonchev–Trinajstić information content (AvgIpc) is 2.28. The fourth-order valence-corrected chi connectivity index (χ4v) is 2.31. The Balaban J connectivity index is 2.83. The number of anilines is 1. The van der Waals surface area contributed by atoms with Gasteiger partial charge in [-0.15, -0.1) is 6.42 Å². The number of sulfone groups is 1. The van der Waals surface area contributed by atoms with Gasteiger partial charge in [0.1, 0.15) is 17.3 Å². The molecule has 5 nitrogen and oxygen atoms in total. The lowest BCUT2D eigenvalue weighted by Crippen LogP contribution is -2.24. The van der Waals surface area contributed by atoms with Crippen LogP contribution in [-0.4, -0.2) is 32.9 Å². The lowest BCUT2D eigenvalue weighted by molar-refractivity contribution is -0.113. The molecular formula is C13H15NO4S. The molecule has 1 N–H and O–H groups in total. The third-order valence-corrected chi connectivity index (χ3v) is 3.59. The third kappa shape index (κ3) is 4.64. The van der Waals surface area contributed by atoms with E-state index >= 15 is 0 Å². The van der Waals surface area contributed by atoms with E-state index in [4.69, 9.17) is 11.2 Å². The fourth-order valence-electron chi connectivity index (χ4n) is 1.48. The van der Waals surface area contributed by atoms with Crippen LogP contribution < -0.4 is 10.1 Å². The van der Waals surface area contributed by atoms with Crippen molar-refractivity contribution in [2.75, 3.05) is 23.9 Å². The number of amides is 1. The summed E-state index contributed by atoms with van der Waals surface area (Å²) in [5.74, 6) is 0.745. The Labute approximate surface area is 112 Å². The van der Waals surface area contributed by atoms with Gasteiger partial charge in [-0.05, 0) is 24.6 Å². The van der Waals surface area contributed by atoms with Gasteiger partial charge in [-0.25, -0.2) is 8.42 Å². The first-order valence-corrected chi connectivity index (χ1v) is 7.28. The van der Waals surface area contributed by atoms with E-state index in [9.17, 15) is 13.2 Å². The highest BCUT2D eigenvalue weighted by Crippen LogP contribution is 2.25. The summed E-state index contributed by atoms with van der Waals surface area (Å²) in [4.78, 5) is 11.7. The van der Waals surface area contributed by atoms with Gasteiger partial charge in [0.15, 0.2) is 9.84 Å². The first-order valence-electron chi connectivity index (χ1n) is 5.46. The van der Waals surface area contributed by atoms with Gasteiger partial charge in [-0.1, -0.05) is 12.0 Å². The van der Waals surface area contributed by atoms with Gasteiger partial charge in [0.2, 0.25) is 5.91 Å². The third-order valence-electron chi connectivity index (χ3n) is 2.28. The van der Waals surface area contributed by atoms with Crippen LogP contribution in [0.15, 0.2) is 18.2 Å². The Bertz CT molecular complexity index is 614. The molecule has 19 heavy (non-hydrogen) atoms. The molecule has 102 valence electrons.